The molecule has 0 spiro atoms. The highest BCUT2D eigenvalue weighted by Crippen LogP contribution is 2.28. The lowest BCUT2D eigenvalue weighted by molar-refractivity contribution is -0.274. The number of hydrogen-bond acceptors (Lipinski definition) is 2. The van der Waals surface area contributed by atoms with Gasteiger partial charge in [-0.2, -0.15) is 0 Å². The molecule has 0 fully saturated rings. The molecule has 0 bridgehead atoms. The second-order valence-electron chi connectivity index (χ2n) is 4.40. The number of nitrogens with one attached hydrogen (secondary N) is 1. The highest BCUT2D eigenvalue weighted by molar-refractivity contribution is 5.31. The molecule has 0 aromatic heterocycles. The molecule has 5 heteroatoms. The minimum absolute atomic E-state index is 0.0202. The number of hydrogen-bond donors (Lipinski definition) is 1. The number of rotatable bonds is 5. The first-order chi connectivity index (χ1) is 8.33. The van der Waals surface area contributed by atoms with Crippen LogP contribution in [0.4, 0.5) is 13.2 Å². The molecule has 1 unspecified atom stereocenters. The summed E-state index contributed by atoms with van der Waals surface area (Å²) in [6, 6.07) is 6.13. The first-order valence-corrected chi connectivity index (χ1v) is 5.92. The summed E-state index contributed by atoms with van der Waals surface area (Å²) in [7, 11) is 0. The van der Waals surface area contributed by atoms with Crippen molar-refractivity contribution in [3.8, 4) is 5.75 Å². The van der Waals surface area contributed by atoms with E-state index < -0.39 is 6.36 Å². The first kappa shape index (κ1) is 14.8. The van der Waals surface area contributed by atoms with Gasteiger partial charge in [-0.1, -0.05) is 32.9 Å². The average Bonchev–Trinajstić information content (AvgIpc) is 2.23. The Morgan fingerprint density at radius 1 is 1.28 bits per heavy atom. The Morgan fingerprint density at radius 3 is 2.44 bits per heavy atom. The van der Waals surface area contributed by atoms with Gasteiger partial charge in [-0.05, 0) is 30.2 Å². The van der Waals surface area contributed by atoms with Gasteiger partial charge in [0, 0.05) is 6.04 Å². The van der Waals surface area contributed by atoms with Crippen molar-refractivity contribution in [1.82, 2.24) is 5.32 Å². The third kappa shape index (κ3) is 4.56. The lowest BCUT2D eigenvalue weighted by atomic mass is 9.96. The van der Waals surface area contributed by atoms with E-state index in [-0.39, 0.29) is 17.7 Å². The molecular formula is C13H18F3NO. The first-order valence-electron chi connectivity index (χ1n) is 5.92. The fraction of sp³-hybridized carbons (Fsp3) is 0.538. The van der Waals surface area contributed by atoms with E-state index in [1.54, 1.807) is 12.1 Å². The molecule has 1 aromatic rings. The van der Waals surface area contributed by atoms with Gasteiger partial charge in [-0.25, -0.2) is 0 Å². The van der Waals surface area contributed by atoms with Crippen molar-refractivity contribution in [3.63, 3.8) is 0 Å². The maximum Gasteiger partial charge on any atom is 0.573 e. The Balaban J connectivity index is 2.92. The van der Waals surface area contributed by atoms with Crippen LogP contribution in [-0.2, 0) is 0 Å². The topological polar surface area (TPSA) is 21.3 Å². The monoisotopic (exact) mass is 261 g/mol. The van der Waals surface area contributed by atoms with Gasteiger partial charge in [0.15, 0.2) is 0 Å². The van der Waals surface area contributed by atoms with Gasteiger partial charge < -0.3 is 10.1 Å². The van der Waals surface area contributed by atoms with E-state index in [1.807, 2.05) is 20.8 Å². The van der Waals surface area contributed by atoms with E-state index in [0.29, 0.717) is 0 Å². The SMILES string of the molecule is CCNC(c1cccc(OC(F)(F)F)c1)C(C)C. The molecule has 0 saturated carbocycles. The quantitative estimate of drug-likeness (QED) is 0.868. The summed E-state index contributed by atoms with van der Waals surface area (Å²) in [5.74, 6) is 0.106. The van der Waals surface area contributed by atoms with E-state index in [4.69, 9.17) is 0 Å². The number of halogens is 3. The smallest absolute Gasteiger partial charge is 0.406 e. The van der Waals surface area contributed by atoms with Gasteiger partial charge in [0.25, 0.3) is 0 Å². The predicted molar refractivity (Wildman–Crippen MR) is 64.4 cm³/mol. The van der Waals surface area contributed by atoms with E-state index in [0.717, 1.165) is 12.1 Å². The zero-order valence-electron chi connectivity index (χ0n) is 10.7. The second-order valence-corrected chi connectivity index (χ2v) is 4.40. The Labute approximate surface area is 105 Å². The molecule has 2 nitrogen and oxygen atoms in total. The van der Waals surface area contributed by atoms with Crippen LogP contribution in [0, 0.1) is 5.92 Å². The summed E-state index contributed by atoms with van der Waals surface area (Å²) in [5.41, 5.74) is 0.800. The van der Waals surface area contributed by atoms with Crippen LogP contribution in [0.2, 0.25) is 0 Å². The molecule has 0 aliphatic carbocycles. The molecule has 0 saturated heterocycles. The maximum atomic E-state index is 12.1. The van der Waals surface area contributed by atoms with Crippen LogP contribution in [0.25, 0.3) is 0 Å². The lowest BCUT2D eigenvalue weighted by Crippen LogP contribution is -2.25. The van der Waals surface area contributed by atoms with E-state index in [2.05, 4.69) is 10.1 Å². The summed E-state index contributed by atoms with van der Waals surface area (Å²) >= 11 is 0. The molecule has 1 atom stereocenters. The summed E-state index contributed by atoms with van der Waals surface area (Å²) < 4.78 is 40.4. The summed E-state index contributed by atoms with van der Waals surface area (Å²) in [6.07, 6.45) is -4.65. The van der Waals surface area contributed by atoms with Crippen molar-refractivity contribution < 1.29 is 17.9 Å². The van der Waals surface area contributed by atoms with Crippen LogP contribution >= 0.6 is 0 Å². The van der Waals surface area contributed by atoms with Crippen molar-refractivity contribution in [3.05, 3.63) is 29.8 Å². The minimum Gasteiger partial charge on any atom is -0.406 e. The van der Waals surface area contributed by atoms with Gasteiger partial charge in [-0.15, -0.1) is 13.2 Å². The molecule has 1 aromatic carbocycles. The molecule has 0 amide bonds. The number of ether oxygens (including phenoxy) is 1. The normalized spacial score (nSPS) is 13.7. The summed E-state index contributed by atoms with van der Waals surface area (Å²) in [6.45, 7) is 6.76. The summed E-state index contributed by atoms with van der Waals surface area (Å²) in [5, 5.41) is 3.25. The van der Waals surface area contributed by atoms with E-state index >= 15 is 0 Å². The van der Waals surface area contributed by atoms with Crippen molar-refractivity contribution in [2.45, 2.75) is 33.2 Å². The van der Waals surface area contributed by atoms with Gasteiger partial charge in [0.05, 0.1) is 0 Å². The Morgan fingerprint density at radius 2 is 1.94 bits per heavy atom. The fourth-order valence-electron chi connectivity index (χ4n) is 1.86. The van der Waals surface area contributed by atoms with Gasteiger partial charge in [0.2, 0.25) is 0 Å². The fourth-order valence-corrected chi connectivity index (χ4v) is 1.86. The highest BCUT2D eigenvalue weighted by Gasteiger charge is 2.31. The van der Waals surface area contributed by atoms with Crippen LogP contribution in [-0.4, -0.2) is 12.9 Å². The van der Waals surface area contributed by atoms with Gasteiger partial charge in [-0.3, -0.25) is 0 Å². The second kappa shape index (κ2) is 6.09. The van der Waals surface area contributed by atoms with Crippen molar-refractivity contribution in [2.24, 2.45) is 5.92 Å². The zero-order chi connectivity index (χ0) is 13.8. The molecular weight excluding hydrogens is 243 g/mol. The van der Waals surface area contributed by atoms with Crippen molar-refractivity contribution >= 4 is 0 Å². The predicted octanol–water partition coefficient (Wildman–Crippen LogP) is 3.89. The molecule has 0 aliphatic rings. The molecule has 102 valence electrons. The largest absolute Gasteiger partial charge is 0.573 e. The molecule has 18 heavy (non-hydrogen) atoms. The van der Waals surface area contributed by atoms with Crippen molar-refractivity contribution in [1.29, 1.82) is 0 Å². The summed E-state index contributed by atoms with van der Waals surface area (Å²) in [4.78, 5) is 0. The Hall–Kier alpha value is -1.23. The Kier molecular flexibility index (Phi) is 5.02. The number of benzene rings is 1. The molecule has 1 N–H and O–H groups in total. The maximum absolute atomic E-state index is 12.1. The standard InChI is InChI=1S/C13H18F3NO/c1-4-17-12(9(2)3)10-6-5-7-11(8-10)18-13(14,15)16/h5-9,12,17H,4H2,1-3H3. The van der Waals surface area contributed by atoms with E-state index in [9.17, 15) is 13.2 Å². The van der Waals surface area contributed by atoms with Gasteiger partial charge in [0.1, 0.15) is 5.75 Å². The van der Waals surface area contributed by atoms with Crippen LogP contribution in [0.5, 0.6) is 5.75 Å². The van der Waals surface area contributed by atoms with Crippen LogP contribution in [0.1, 0.15) is 32.4 Å². The zero-order valence-corrected chi connectivity index (χ0v) is 10.7. The van der Waals surface area contributed by atoms with Crippen LogP contribution in [0.15, 0.2) is 24.3 Å². The van der Waals surface area contributed by atoms with Crippen molar-refractivity contribution in [2.75, 3.05) is 6.54 Å². The molecule has 1 rings (SSSR count). The van der Waals surface area contributed by atoms with E-state index in [1.165, 1.54) is 12.1 Å². The molecule has 0 radical (unpaired) electrons. The highest BCUT2D eigenvalue weighted by atomic mass is 19.4. The third-order valence-corrected chi connectivity index (χ3v) is 2.54. The minimum atomic E-state index is -4.65. The molecule has 0 heterocycles. The third-order valence-electron chi connectivity index (χ3n) is 2.54. The number of alkyl halides is 3. The molecule has 0 aliphatic heterocycles. The van der Waals surface area contributed by atoms with Gasteiger partial charge >= 0.3 is 6.36 Å². The Bertz CT molecular complexity index is 377. The average molecular weight is 261 g/mol. The lowest BCUT2D eigenvalue weighted by Gasteiger charge is -2.22. The van der Waals surface area contributed by atoms with Crippen LogP contribution in [0.3, 0.4) is 0 Å². The van der Waals surface area contributed by atoms with Crippen LogP contribution < -0.4 is 10.1 Å².